The Hall–Kier alpha value is -1.31. The van der Waals surface area contributed by atoms with E-state index in [2.05, 4.69) is 33.8 Å². The Bertz CT molecular complexity index is 679. The monoisotopic (exact) mass is 473 g/mol. The number of nitrogens with one attached hydrogen (secondary N) is 2. The van der Waals surface area contributed by atoms with Crippen molar-refractivity contribution in [3.05, 3.63) is 70.2 Å². The molecule has 0 spiro atoms. The number of nitrogens with zero attached hydrogens (tertiary/aromatic N) is 1. The molecule has 0 aliphatic carbocycles. The van der Waals surface area contributed by atoms with Gasteiger partial charge in [0.1, 0.15) is 0 Å². The van der Waals surface area contributed by atoms with Crippen LogP contribution in [0.1, 0.15) is 23.6 Å². The second-order valence-corrected chi connectivity index (χ2v) is 5.80. The highest BCUT2D eigenvalue weighted by atomic mass is 127. The van der Waals surface area contributed by atoms with E-state index in [1.807, 2.05) is 37.3 Å². The van der Waals surface area contributed by atoms with E-state index >= 15 is 0 Å². The number of ether oxygens (including phenoxy) is 1. The molecule has 0 bridgehead atoms. The normalized spacial score (nSPS) is 10.9. The molecule has 2 aromatic carbocycles. The van der Waals surface area contributed by atoms with Gasteiger partial charge in [0, 0.05) is 25.2 Å². The van der Waals surface area contributed by atoms with Crippen LogP contribution in [0.25, 0.3) is 0 Å². The van der Waals surface area contributed by atoms with Gasteiger partial charge in [0.25, 0.3) is 0 Å². The average molecular weight is 474 g/mol. The summed E-state index contributed by atoms with van der Waals surface area (Å²) in [6.45, 7) is 4.71. The molecule has 0 saturated carbocycles. The van der Waals surface area contributed by atoms with Crippen molar-refractivity contribution in [3.63, 3.8) is 0 Å². The Morgan fingerprint density at radius 1 is 1.08 bits per heavy atom. The van der Waals surface area contributed by atoms with E-state index in [9.17, 15) is 0 Å². The maximum Gasteiger partial charge on any atom is 0.191 e. The van der Waals surface area contributed by atoms with Gasteiger partial charge in [0.2, 0.25) is 0 Å². The first-order valence-electron chi connectivity index (χ1n) is 8.05. The van der Waals surface area contributed by atoms with Crippen molar-refractivity contribution in [2.45, 2.75) is 26.6 Å². The topological polar surface area (TPSA) is 45.7 Å². The predicted octanol–water partition coefficient (Wildman–Crippen LogP) is 4.36. The lowest BCUT2D eigenvalue weighted by Crippen LogP contribution is -2.36. The second kappa shape index (κ2) is 12.1. The van der Waals surface area contributed by atoms with E-state index < -0.39 is 0 Å². The van der Waals surface area contributed by atoms with Crippen LogP contribution < -0.4 is 10.6 Å². The van der Waals surface area contributed by atoms with Crippen LogP contribution >= 0.6 is 35.6 Å². The molecule has 0 saturated heterocycles. The predicted molar refractivity (Wildman–Crippen MR) is 116 cm³/mol. The molecule has 136 valence electrons. The Morgan fingerprint density at radius 3 is 2.56 bits per heavy atom. The van der Waals surface area contributed by atoms with Crippen LogP contribution in [-0.2, 0) is 24.4 Å². The summed E-state index contributed by atoms with van der Waals surface area (Å²) in [6, 6.07) is 16.1. The molecular formula is C19H25ClIN3O. The minimum absolute atomic E-state index is 0. The highest BCUT2D eigenvalue weighted by Crippen LogP contribution is 2.14. The van der Waals surface area contributed by atoms with Crippen LogP contribution in [0.15, 0.2) is 53.5 Å². The van der Waals surface area contributed by atoms with E-state index in [0.717, 1.165) is 34.2 Å². The fourth-order valence-electron chi connectivity index (χ4n) is 2.32. The van der Waals surface area contributed by atoms with Gasteiger partial charge in [-0.1, -0.05) is 54.1 Å². The van der Waals surface area contributed by atoms with Gasteiger partial charge in [-0.05, 0) is 29.7 Å². The zero-order valence-electron chi connectivity index (χ0n) is 14.6. The summed E-state index contributed by atoms with van der Waals surface area (Å²) in [5.74, 6) is 0.773. The maximum absolute atomic E-state index is 6.19. The molecule has 2 aromatic rings. The van der Waals surface area contributed by atoms with E-state index in [4.69, 9.17) is 16.3 Å². The lowest BCUT2D eigenvalue weighted by atomic mass is 10.1. The van der Waals surface area contributed by atoms with Crippen LogP contribution in [0.4, 0.5) is 0 Å². The van der Waals surface area contributed by atoms with Crippen LogP contribution in [0.3, 0.4) is 0 Å². The van der Waals surface area contributed by atoms with Crippen molar-refractivity contribution in [3.8, 4) is 0 Å². The summed E-state index contributed by atoms with van der Waals surface area (Å²) in [4.78, 5) is 4.64. The standard InChI is InChI=1S/C19H24ClN3O.HI/c1-3-21-19(23-13-17-9-4-5-10-18(17)20)22-12-15-7-6-8-16(11-15)14-24-2;/h4-11H,3,12-14H2,1-2H3,(H2,21,22,23);1H. The highest BCUT2D eigenvalue weighted by molar-refractivity contribution is 14.0. The number of methoxy groups -OCH3 is 1. The highest BCUT2D eigenvalue weighted by Gasteiger charge is 2.02. The third-order valence-corrected chi connectivity index (χ3v) is 3.84. The summed E-state index contributed by atoms with van der Waals surface area (Å²) in [6.07, 6.45) is 0. The van der Waals surface area contributed by atoms with Crippen molar-refractivity contribution in [1.29, 1.82) is 0 Å². The van der Waals surface area contributed by atoms with Crippen molar-refractivity contribution >= 4 is 41.5 Å². The molecule has 6 heteroatoms. The fraction of sp³-hybridized carbons (Fsp3) is 0.316. The zero-order valence-corrected chi connectivity index (χ0v) is 17.7. The van der Waals surface area contributed by atoms with Gasteiger partial charge in [0.15, 0.2) is 5.96 Å². The first-order chi connectivity index (χ1) is 11.7. The number of rotatable bonds is 7. The number of guanidine groups is 1. The van der Waals surface area contributed by atoms with Gasteiger partial charge in [-0.25, -0.2) is 4.99 Å². The van der Waals surface area contributed by atoms with Crippen LogP contribution in [-0.4, -0.2) is 19.6 Å². The van der Waals surface area contributed by atoms with Crippen molar-refractivity contribution in [2.75, 3.05) is 13.7 Å². The maximum atomic E-state index is 6.19. The quantitative estimate of drug-likeness (QED) is 0.357. The third kappa shape index (κ3) is 7.63. The molecule has 0 aromatic heterocycles. The fourth-order valence-corrected chi connectivity index (χ4v) is 2.52. The van der Waals surface area contributed by atoms with E-state index in [1.165, 1.54) is 0 Å². The summed E-state index contributed by atoms with van der Waals surface area (Å²) in [5, 5.41) is 7.33. The van der Waals surface area contributed by atoms with Crippen molar-refractivity contribution < 1.29 is 4.74 Å². The molecule has 0 radical (unpaired) electrons. The number of aliphatic imine (C=N–C) groups is 1. The van der Waals surface area contributed by atoms with Gasteiger partial charge in [-0.2, -0.15) is 0 Å². The number of hydrogen-bond acceptors (Lipinski definition) is 2. The molecule has 0 atom stereocenters. The number of halogens is 2. The van der Waals surface area contributed by atoms with Crippen molar-refractivity contribution in [2.24, 2.45) is 4.99 Å². The summed E-state index contributed by atoms with van der Waals surface area (Å²) < 4.78 is 5.17. The minimum Gasteiger partial charge on any atom is -0.380 e. The van der Waals surface area contributed by atoms with Crippen LogP contribution in [0.5, 0.6) is 0 Å². The Kier molecular flexibility index (Phi) is 10.5. The van der Waals surface area contributed by atoms with Crippen LogP contribution in [0, 0.1) is 0 Å². The Balaban J connectivity index is 0.00000312. The molecule has 0 amide bonds. The summed E-state index contributed by atoms with van der Waals surface area (Å²) >= 11 is 6.19. The molecule has 0 fully saturated rings. The third-order valence-electron chi connectivity index (χ3n) is 3.47. The molecule has 0 aliphatic heterocycles. The zero-order chi connectivity index (χ0) is 17.2. The van der Waals surface area contributed by atoms with Gasteiger partial charge >= 0.3 is 0 Å². The largest absolute Gasteiger partial charge is 0.380 e. The average Bonchev–Trinajstić information content (AvgIpc) is 2.59. The smallest absolute Gasteiger partial charge is 0.191 e. The van der Waals surface area contributed by atoms with Crippen LogP contribution in [0.2, 0.25) is 5.02 Å². The molecule has 4 nitrogen and oxygen atoms in total. The SMILES string of the molecule is CCNC(=NCc1cccc(COC)c1)NCc1ccccc1Cl.I. The van der Waals surface area contributed by atoms with Gasteiger partial charge in [-0.3, -0.25) is 0 Å². The van der Waals surface area contributed by atoms with Gasteiger partial charge in [0.05, 0.1) is 13.2 Å². The number of hydrogen-bond donors (Lipinski definition) is 2. The van der Waals surface area contributed by atoms with Gasteiger partial charge in [-0.15, -0.1) is 24.0 Å². The lowest BCUT2D eigenvalue weighted by molar-refractivity contribution is 0.185. The molecule has 0 heterocycles. The van der Waals surface area contributed by atoms with Gasteiger partial charge < -0.3 is 15.4 Å². The first-order valence-corrected chi connectivity index (χ1v) is 8.43. The molecule has 0 unspecified atom stereocenters. The molecule has 0 aliphatic rings. The summed E-state index contributed by atoms with van der Waals surface area (Å²) in [5.41, 5.74) is 3.35. The second-order valence-electron chi connectivity index (χ2n) is 5.39. The van der Waals surface area contributed by atoms with E-state index in [0.29, 0.717) is 19.7 Å². The number of benzene rings is 2. The Morgan fingerprint density at radius 2 is 1.84 bits per heavy atom. The van der Waals surface area contributed by atoms with E-state index in [-0.39, 0.29) is 24.0 Å². The first kappa shape index (κ1) is 21.7. The molecule has 2 N–H and O–H groups in total. The summed E-state index contributed by atoms with van der Waals surface area (Å²) in [7, 11) is 1.70. The molecule has 25 heavy (non-hydrogen) atoms. The Labute approximate surface area is 172 Å². The lowest BCUT2D eigenvalue weighted by Gasteiger charge is -2.12. The van der Waals surface area contributed by atoms with E-state index in [1.54, 1.807) is 7.11 Å². The molecular weight excluding hydrogens is 449 g/mol. The van der Waals surface area contributed by atoms with Crippen molar-refractivity contribution in [1.82, 2.24) is 10.6 Å². The minimum atomic E-state index is 0. The molecule has 2 rings (SSSR count).